The van der Waals surface area contributed by atoms with E-state index in [4.69, 9.17) is 4.74 Å². The van der Waals surface area contributed by atoms with Crippen LogP contribution >= 0.6 is 0 Å². The lowest BCUT2D eigenvalue weighted by atomic mass is 10.1. The fourth-order valence-electron chi connectivity index (χ4n) is 1.68. The number of ketones is 1. The van der Waals surface area contributed by atoms with Crippen molar-refractivity contribution in [2.24, 2.45) is 0 Å². The predicted molar refractivity (Wildman–Crippen MR) is 78.0 cm³/mol. The van der Waals surface area contributed by atoms with Gasteiger partial charge in [0.05, 0.1) is 7.11 Å². The Morgan fingerprint density at radius 1 is 1.19 bits per heavy atom. The summed E-state index contributed by atoms with van der Waals surface area (Å²) in [6.07, 6.45) is 2.99. The zero-order valence-corrected chi connectivity index (χ0v) is 11.3. The Bertz CT molecular complexity index is 648. The summed E-state index contributed by atoms with van der Waals surface area (Å²) in [5.41, 5.74) is 1.13. The number of carbonyl (C=O) groups is 1. The number of phenolic OH excluding ortho intramolecular Hbond substituents is 1. The minimum absolute atomic E-state index is 0. The maximum Gasteiger partial charge on any atom is 0.185 e. The smallest absolute Gasteiger partial charge is 0.185 e. The van der Waals surface area contributed by atoms with Crippen LogP contribution in [-0.4, -0.2) is 23.5 Å². The molecule has 0 fully saturated rings. The van der Waals surface area contributed by atoms with Crippen LogP contribution in [0.25, 0.3) is 6.08 Å². The first-order chi connectivity index (χ1) is 9.60. The molecule has 0 spiro atoms. The molecule has 5 heteroatoms. The van der Waals surface area contributed by atoms with Crippen LogP contribution in [0, 0.1) is 5.82 Å². The van der Waals surface area contributed by atoms with Gasteiger partial charge in [0.2, 0.25) is 0 Å². The first kappa shape index (κ1) is 16.4. The molecule has 0 aromatic heterocycles. The molecule has 2 rings (SSSR count). The van der Waals surface area contributed by atoms with Gasteiger partial charge < -0.3 is 15.3 Å². The lowest BCUT2D eigenvalue weighted by Crippen LogP contribution is -1.93. The number of allylic oxidation sites excluding steroid dienone is 1. The standard InChI is InChI=1S/C16H13FO3.H2O/c1-20-16-10-11(3-9-15(16)19)2-8-14(18)12-4-6-13(17)7-5-12;/h2-10,19H,1H3;1H2/b8-2+;. The molecule has 0 saturated heterocycles. The highest BCUT2D eigenvalue weighted by atomic mass is 19.1. The zero-order chi connectivity index (χ0) is 14.5. The highest BCUT2D eigenvalue weighted by Crippen LogP contribution is 2.26. The Kier molecular flexibility index (Phi) is 5.63. The average Bonchev–Trinajstić information content (AvgIpc) is 2.46. The van der Waals surface area contributed by atoms with E-state index in [0.29, 0.717) is 11.3 Å². The van der Waals surface area contributed by atoms with Crippen LogP contribution in [0.5, 0.6) is 11.5 Å². The van der Waals surface area contributed by atoms with Crippen LogP contribution in [0.1, 0.15) is 15.9 Å². The van der Waals surface area contributed by atoms with E-state index >= 15 is 0 Å². The third kappa shape index (κ3) is 4.15. The topological polar surface area (TPSA) is 78.0 Å². The SMILES string of the molecule is COc1cc(/C=C/C(=O)c2ccc(F)cc2)ccc1O.O. The Labute approximate surface area is 121 Å². The first-order valence-electron chi connectivity index (χ1n) is 5.95. The predicted octanol–water partition coefficient (Wildman–Crippen LogP) is 2.61. The summed E-state index contributed by atoms with van der Waals surface area (Å²) >= 11 is 0. The van der Waals surface area contributed by atoms with Gasteiger partial charge in [0.15, 0.2) is 17.3 Å². The van der Waals surface area contributed by atoms with Gasteiger partial charge in [-0.2, -0.15) is 0 Å². The lowest BCUT2D eigenvalue weighted by Gasteiger charge is -2.03. The third-order valence-electron chi connectivity index (χ3n) is 2.76. The number of phenols is 1. The van der Waals surface area contributed by atoms with Gasteiger partial charge in [0, 0.05) is 5.56 Å². The van der Waals surface area contributed by atoms with E-state index in [1.807, 2.05) is 0 Å². The monoisotopic (exact) mass is 290 g/mol. The minimum Gasteiger partial charge on any atom is -0.504 e. The average molecular weight is 290 g/mol. The quantitative estimate of drug-likeness (QED) is 0.694. The molecule has 0 aliphatic rings. The summed E-state index contributed by atoms with van der Waals surface area (Å²) in [7, 11) is 1.45. The van der Waals surface area contributed by atoms with Crippen LogP contribution in [0.3, 0.4) is 0 Å². The van der Waals surface area contributed by atoms with E-state index in [-0.39, 0.29) is 22.8 Å². The van der Waals surface area contributed by atoms with Crippen molar-refractivity contribution in [2.45, 2.75) is 0 Å². The van der Waals surface area contributed by atoms with Crippen molar-refractivity contribution in [1.82, 2.24) is 0 Å². The number of rotatable bonds is 4. The highest BCUT2D eigenvalue weighted by molar-refractivity contribution is 6.06. The normalized spacial score (nSPS) is 10.2. The molecule has 2 aromatic rings. The molecule has 0 aliphatic heterocycles. The van der Waals surface area contributed by atoms with Crippen LogP contribution in [-0.2, 0) is 0 Å². The third-order valence-corrected chi connectivity index (χ3v) is 2.76. The molecule has 110 valence electrons. The van der Waals surface area contributed by atoms with E-state index < -0.39 is 0 Å². The van der Waals surface area contributed by atoms with Crippen LogP contribution in [0.4, 0.5) is 4.39 Å². The number of aromatic hydroxyl groups is 1. The van der Waals surface area contributed by atoms with Gasteiger partial charge in [-0.1, -0.05) is 12.1 Å². The van der Waals surface area contributed by atoms with Crippen molar-refractivity contribution in [3.63, 3.8) is 0 Å². The molecule has 21 heavy (non-hydrogen) atoms. The molecule has 3 N–H and O–H groups in total. The minimum atomic E-state index is -0.381. The Morgan fingerprint density at radius 3 is 2.48 bits per heavy atom. The number of hydrogen-bond acceptors (Lipinski definition) is 3. The fraction of sp³-hybridized carbons (Fsp3) is 0.0625. The number of benzene rings is 2. The molecule has 0 unspecified atom stereocenters. The molecule has 4 nitrogen and oxygen atoms in total. The summed E-state index contributed by atoms with van der Waals surface area (Å²) in [5.74, 6) is -0.235. The number of carbonyl (C=O) groups excluding carboxylic acids is 1. The lowest BCUT2D eigenvalue weighted by molar-refractivity contribution is 0.104. The van der Waals surface area contributed by atoms with Crippen molar-refractivity contribution in [3.05, 3.63) is 65.5 Å². The fourth-order valence-corrected chi connectivity index (χ4v) is 1.68. The Balaban J connectivity index is 0.00000220. The van der Waals surface area contributed by atoms with Crippen molar-refractivity contribution < 1.29 is 24.5 Å². The molecule has 0 bridgehead atoms. The second-order valence-electron chi connectivity index (χ2n) is 4.14. The second-order valence-corrected chi connectivity index (χ2v) is 4.14. The maximum atomic E-state index is 12.8. The zero-order valence-electron chi connectivity index (χ0n) is 11.3. The largest absolute Gasteiger partial charge is 0.504 e. The van der Waals surface area contributed by atoms with Gasteiger partial charge in [-0.25, -0.2) is 4.39 Å². The van der Waals surface area contributed by atoms with Gasteiger partial charge in [-0.05, 0) is 48.0 Å². The number of ether oxygens (including phenoxy) is 1. The Morgan fingerprint density at radius 2 is 1.86 bits per heavy atom. The number of halogens is 1. The molecular formula is C16H15FO4. The first-order valence-corrected chi connectivity index (χ1v) is 5.95. The molecular weight excluding hydrogens is 275 g/mol. The maximum absolute atomic E-state index is 12.8. The summed E-state index contributed by atoms with van der Waals surface area (Å²) in [6.45, 7) is 0. The summed E-state index contributed by atoms with van der Waals surface area (Å²) in [6, 6.07) is 10.1. The van der Waals surface area contributed by atoms with Crippen molar-refractivity contribution >= 4 is 11.9 Å². The molecule has 0 heterocycles. The number of hydrogen-bond donors (Lipinski definition) is 1. The summed E-state index contributed by atoms with van der Waals surface area (Å²) in [5, 5.41) is 9.46. The molecule has 0 amide bonds. The summed E-state index contributed by atoms with van der Waals surface area (Å²) in [4.78, 5) is 11.9. The van der Waals surface area contributed by atoms with E-state index in [9.17, 15) is 14.3 Å². The molecule has 0 radical (unpaired) electrons. The van der Waals surface area contributed by atoms with Gasteiger partial charge in [0.25, 0.3) is 0 Å². The molecule has 0 saturated carbocycles. The van der Waals surface area contributed by atoms with Crippen molar-refractivity contribution in [1.29, 1.82) is 0 Å². The Hall–Kier alpha value is -2.66. The molecule has 2 aromatic carbocycles. The molecule has 0 atom stereocenters. The van der Waals surface area contributed by atoms with Gasteiger partial charge in [-0.3, -0.25) is 4.79 Å². The van der Waals surface area contributed by atoms with Crippen LogP contribution < -0.4 is 4.74 Å². The van der Waals surface area contributed by atoms with E-state index in [0.717, 1.165) is 5.56 Å². The molecule has 0 aliphatic carbocycles. The van der Waals surface area contributed by atoms with Crippen LogP contribution in [0.15, 0.2) is 48.5 Å². The summed E-state index contributed by atoms with van der Waals surface area (Å²) < 4.78 is 17.7. The van der Waals surface area contributed by atoms with E-state index in [1.54, 1.807) is 18.2 Å². The van der Waals surface area contributed by atoms with Gasteiger partial charge >= 0.3 is 0 Å². The van der Waals surface area contributed by atoms with Gasteiger partial charge in [-0.15, -0.1) is 0 Å². The van der Waals surface area contributed by atoms with E-state index in [1.165, 1.54) is 43.5 Å². The van der Waals surface area contributed by atoms with Crippen molar-refractivity contribution in [3.8, 4) is 11.5 Å². The van der Waals surface area contributed by atoms with Gasteiger partial charge in [0.1, 0.15) is 5.82 Å². The number of methoxy groups -OCH3 is 1. The van der Waals surface area contributed by atoms with Crippen LogP contribution in [0.2, 0.25) is 0 Å². The van der Waals surface area contributed by atoms with E-state index in [2.05, 4.69) is 0 Å². The second kappa shape index (κ2) is 7.21. The highest BCUT2D eigenvalue weighted by Gasteiger charge is 2.03. The van der Waals surface area contributed by atoms with Crippen molar-refractivity contribution in [2.75, 3.05) is 7.11 Å².